The monoisotopic (exact) mass is 278 g/mol. The molecule has 1 fully saturated rings. The van der Waals surface area contributed by atoms with Crippen molar-refractivity contribution in [2.45, 2.75) is 38.0 Å². The van der Waals surface area contributed by atoms with E-state index in [0.717, 1.165) is 19.3 Å². The molecule has 0 saturated heterocycles. The SMILES string of the molecule is CCC1(CNS(=O)(=O)c2cc(C#N)ccc2C)CC1. The molecular weight excluding hydrogens is 260 g/mol. The minimum absolute atomic E-state index is 0.161. The van der Waals surface area contributed by atoms with Crippen molar-refractivity contribution in [3.8, 4) is 6.07 Å². The third-order valence-electron chi connectivity index (χ3n) is 3.95. The molecule has 5 heteroatoms. The summed E-state index contributed by atoms with van der Waals surface area (Å²) in [6, 6.07) is 6.70. The van der Waals surface area contributed by atoms with E-state index >= 15 is 0 Å². The van der Waals surface area contributed by atoms with E-state index in [2.05, 4.69) is 11.6 Å². The van der Waals surface area contributed by atoms with Crippen LogP contribution in [-0.2, 0) is 10.0 Å². The highest BCUT2D eigenvalue weighted by atomic mass is 32.2. The van der Waals surface area contributed by atoms with E-state index in [1.165, 1.54) is 6.07 Å². The average Bonchev–Trinajstić information content (AvgIpc) is 3.18. The van der Waals surface area contributed by atoms with Crippen molar-refractivity contribution >= 4 is 10.0 Å². The zero-order valence-corrected chi connectivity index (χ0v) is 12.0. The third-order valence-corrected chi connectivity index (χ3v) is 5.49. The first-order valence-electron chi connectivity index (χ1n) is 6.43. The Labute approximate surface area is 114 Å². The number of rotatable bonds is 5. The minimum atomic E-state index is -3.53. The molecule has 19 heavy (non-hydrogen) atoms. The van der Waals surface area contributed by atoms with Gasteiger partial charge in [-0.2, -0.15) is 5.26 Å². The lowest BCUT2D eigenvalue weighted by Gasteiger charge is -2.15. The van der Waals surface area contributed by atoms with Crippen molar-refractivity contribution in [3.05, 3.63) is 29.3 Å². The highest BCUT2D eigenvalue weighted by Gasteiger charge is 2.41. The fourth-order valence-corrected chi connectivity index (χ4v) is 3.54. The number of nitriles is 1. The molecule has 0 unspecified atom stereocenters. The van der Waals surface area contributed by atoms with E-state index in [4.69, 9.17) is 5.26 Å². The first-order chi connectivity index (χ1) is 8.92. The zero-order valence-electron chi connectivity index (χ0n) is 11.2. The Hall–Kier alpha value is -1.38. The second-order valence-electron chi connectivity index (χ2n) is 5.27. The van der Waals surface area contributed by atoms with Gasteiger partial charge in [0.15, 0.2) is 0 Å². The number of benzene rings is 1. The van der Waals surface area contributed by atoms with Crippen LogP contribution in [0.4, 0.5) is 0 Å². The van der Waals surface area contributed by atoms with E-state index in [0.29, 0.717) is 17.7 Å². The largest absolute Gasteiger partial charge is 0.240 e. The Kier molecular flexibility index (Phi) is 3.66. The van der Waals surface area contributed by atoms with E-state index in [9.17, 15) is 8.42 Å². The molecule has 4 nitrogen and oxygen atoms in total. The van der Waals surface area contributed by atoms with Crippen LogP contribution in [-0.4, -0.2) is 15.0 Å². The fraction of sp³-hybridized carbons (Fsp3) is 0.500. The van der Waals surface area contributed by atoms with Crippen LogP contribution in [0.1, 0.15) is 37.3 Å². The molecule has 0 bridgehead atoms. The number of sulfonamides is 1. The molecule has 0 heterocycles. The molecule has 0 spiro atoms. The summed E-state index contributed by atoms with van der Waals surface area (Å²) in [5, 5.41) is 8.86. The number of aryl methyl sites for hydroxylation is 1. The Bertz CT molecular complexity index is 625. The normalized spacial score (nSPS) is 16.9. The van der Waals surface area contributed by atoms with E-state index in [1.807, 2.05) is 6.07 Å². The first-order valence-corrected chi connectivity index (χ1v) is 7.91. The third kappa shape index (κ3) is 2.96. The van der Waals surface area contributed by atoms with Crippen LogP contribution in [0.15, 0.2) is 23.1 Å². The van der Waals surface area contributed by atoms with Gasteiger partial charge in [-0.15, -0.1) is 0 Å². The molecule has 1 aromatic rings. The molecule has 0 amide bonds. The number of nitrogens with zero attached hydrogens (tertiary/aromatic N) is 1. The molecule has 0 atom stereocenters. The number of hydrogen-bond acceptors (Lipinski definition) is 3. The molecule has 2 rings (SSSR count). The molecule has 0 aliphatic heterocycles. The molecule has 0 radical (unpaired) electrons. The second kappa shape index (κ2) is 4.95. The van der Waals surface area contributed by atoms with Gasteiger partial charge in [0.1, 0.15) is 0 Å². The summed E-state index contributed by atoms with van der Waals surface area (Å²) in [6.45, 7) is 4.31. The fourth-order valence-electron chi connectivity index (χ4n) is 2.12. The van der Waals surface area contributed by atoms with Crippen molar-refractivity contribution in [1.82, 2.24) is 4.72 Å². The topological polar surface area (TPSA) is 70.0 Å². The van der Waals surface area contributed by atoms with E-state index < -0.39 is 10.0 Å². The highest BCUT2D eigenvalue weighted by molar-refractivity contribution is 7.89. The van der Waals surface area contributed by atoms with Crippen LogP contribution in [0.5, 0.6) is 0 Å². The van der Waals surface area contributed by atoms with Crippen LogP contribution in [0.3, 0.4) is 0 Å². The predicted molar refractivity (Wildman–Crippen MR) is 73.0 cm³/mol. The standard InChI is InChI=1S/C14H18N2O2S/c1-3-14(6-7-14)10-16-19(17,18)13-8-12(9-15)5-4-11(13)2/h4-5,8,16H,3,6-7,10H2,1-2H3. The summed E-state index contributed by atoms with van der Waals surface area (Å²) >= 11 is 0. The molecule has 102 valence electrons. The van der Waals surface area contributed by atoms with Crippen molar-refractivity contribution in [2.75, 3.05) is 6.54 Å². The molecule has 1 saturated carbocycles. The van der Waals surface area contributed by atoms with Gasteiger partial charge in [0, 0.05) is 6.54 Å². The summed E-state index contributed by atoms with van der Waals surface area (Å²) in [5.74, 6) is 0. The van der Waals surface area contributed by atoms with Crippen LogP contribution in [0.2, 0.25) is 0 Å². The maximum Gasteiger partial charge on any atom is 0.240 e. The van der Waals surface area contributed by atoms with E-state index in [1.54, 1.807) is 19.1 Å². The van der Waals surface area contributed by atoms with Crippen LogP contribution < -0.4 is 4.72 Å². The van der Waals surface area contributed by atoms with Crippen molar-refractivity contribution in [1.29, 1.82) is 5.26 Å². The van der Waals surface area contributed by atoms with Gasteiger partial charge >= 0.3 is 0 Å². The van der Waals surface area contributed by atoms with E-state index in [-0.39, 0.29) is 10.3 Å². The molecule has 1 aromatic carbocycles. The lowest BCUT2D eigenvalue weighted by atomic mass is 10.1. The molecule has 1 N–H and O–H groups in total. The quantitative estimate of drug-likeness (QED) is 0.898. The summed E-state index contributed by atoms with van der Waals surface area (Å²) in [7, 11) is -3.53. The minimum Gasteiger partial charge on any atom is -0.211 e. The summed E-state index contributed by atoms with van der Waals surface area (Å²) < 4.78 is 27.3. The van der Waals surface area contributed by atoms with Crippen molar-refractivity contribution < 1.29 is 8.42 Å². The Morgan fingerprint density at radius 3 is 2.63 bits per heavy atom. The van der Waals surface area contributed by atoms with Gasteiger partial charge in [-0.25, -0.2) is 13.1 Å². The molecular formula is C14H18N2O2S. The second-order valence-corrected chi connectivity index (χ2v) is 7.01. The highest BCUT2D eigenvalue weighted by Crippen LogP contribution is 2.48. The molecule has 0 aromatic heterocycles. The lowest BCUT2D eigenvalue weighted by Crippen LogP contribution is -2.30. The summed E-state index contributed by atoms with van der Waals surface area (Å²) in [4.78, 5) is 0.207. The maximum atomic E-state index is 12.3. The number of nitrogens with one attached hydrogen (secondary N) is 1. The Balaban J connectivity index is 2.22. The smallest absolute Gasteiger partial charge is 0.211 e. The van der Waals surface area contributed by atoms with Gasteiger partial charge in [0.25, 0.3) is 0 Å². The summed E-state index contributed by atoms with van der Waals surface area (Å²) in [6.07, 6.45) is 3.17. The van der Waals surface area contributed by atoms with Gasteiger partial charge in [-0.05, 0) is 49.3 Å². The Morgan fingerprint density at radius 2 is 2.11 bits per heavy atom. The maximum absolute atomic E-state index is 12.3. The van der Waals surface area contributed by atoms with Gasteiger partial charge in [-0.3, -0.25) is 0 Å². The predicted octanol–water partition coefficient (Wildman–Crippen LogP) is 2.34. The van der Waals surface area contributed by atoms with Crippen LogP contribution in [0.25, 0.3) is 0 Å². The molecule has 1 aliphatic carbocycles. The summed E-state index contributed by atoms with van der Waals surface area (Å²) in [5.41, 5.74) is 1.18. The lowest BCUT2D eigenvalue weighted by molar-refractivity contribution is 0.475. The average molecular weight is 278 g/mol. The van der Waals surface area contributed by atoms with Crippen LogP contribution >= 0.6 is 0 Å². The van der Waals surface area contributed by atoms with Gasteiger partial charge in [0.05, 0.1) is 16.5 Å². The van der Waals surface area contributed by atoms with Gasteiger partial charge in [-0.1, -0.05) is 13.0 Å². The molecule has 1 aliphatic rings. The number of hydrogen-bond donors (Lipinski definition) is 1. The first kappa shape index (κ1) is 14.0. The van der Waals surface area contributed by atoms with Crippen molar-refractivity contribution in [2.24, 2.45) is 5.41 Å². The van der Waals surface area contributed by atoms with Gasteiger partial charge in [0.2, 0.25) is 10.0 Å². The van der Waals surface area contributed by atoms with Crippen molar-refractivity contribution in [3.63, 3.8) is 0 Å². The zero-order chi connectivity index (χ0) is 14.1. The van der Waals surface area contributed by atoms with Crippen LogP contribution in [0, 0.1) is 23.7 Å². The van der Waals surface area contributed by atoms with Gasteiger partial charge < -0.3 is 0 Å². The Morgan fingerprint density at radius 1 is 1.42 bits per heavy atom.